The molecule has 5 nitrogen and oxygen atoms in total. The highest BCUT2D eigenvalue weighted by molar-refractivity contribution is 7.80. The molecule has 6 heteroatoms. The lowest BCUT2D eigenvalue weighted by molar-refractivity contribution is -0.316. The number of methoxy groups -OCH3 is 2. The standard InChI is InChI=1S/C14H20N2O3S/c1-17-12-9-15(10-13(18-2)16(12)19-3)14(20)11-7-5-4-6-8-11/h4-8,12-13H,9-10H2,1-3H3. The van der Waals surface area contributed by atoms with E-state index in [1.54, 1.807) is 26.4 Å². The van der Waals surface area contributed by atoms with Crippen molar-refractivity contribution in [3.8, 4) is 0 Å². The van der Waals surface area contributed by atoms with Crippen molar-refractivity contribution in [2.75, 3.05) is 34.4 Å². The second-order valence-corrected chi connectivity index (χ2v) is 4.89. The van der Waals surface area contributed by atoms with Gasteiger partial charge in [-0.1, -0.05) is 42.5 Å². The lowest BCUT2D eigenvalue weighted by atomic mass is 10.2. The van der Waals surface area contributed by atoms with Crippen LogP contribution >= 0.6 is 12.2 Å². The molecule has 0 aromatic heterocycles. The van der Waals surface area contributed by atoms with E-state index in [2.05, 4.69) is 4.90 Å². The number of hydrogen-bond donors (Lipinski definition) is 0. The molecule has 20 heavy (non-hydrogen) atoms. The lowest BCUT2D eigenvalue weighted by Crippen LogP contribution is -2.60. The van der Waals surface area contributed by atoms with E-state index in [1.165, 1.54) is 0 Å². The topological polar surface area (TPSA) is 34.2 Å². The smallest absolute Gasteiger partial charge is 0.153 e. The van der Waals surface area contributed by atoms with E-state index < -0.39 is 0 Å². The van der Waals surface area contributed by atoms with E-state index in [1.807, 2.05) is 30.3 Å². The molecule has 1 aromatic carbocycles. The summed E-state index contributed by atoms with van der Waals surface area (Å²) in [6.07, 6.45) is -0.444. The molecule has 0 N–H and O–H groups in total. The minimum atomic E-state index is -0.222. The number of hydroxylamine groups is 2. The van der Waals surface area contributed by atoms with E-state index >= 15 is 0 Å². The summed E-state index contributed by atoms with van der Waals surface area (Å²) in [5.41, 5.74) is 1.03. The van der Waals surface area contributed by atoms with Crippen molar-refractivity contribution in [2.24, 2.45) is 0 Å². The number of nitrogens with zero attached hydrogens (tertiary/aromatic N) is 2. The third kappa shape index (κ3) is 3.16. The van der Waals surface area contributed by atoms with Gasteiger partial charge in [-0.15, -0.1) is 5.06 Å². The molecule has 1 aliphatic heterocycles. The van der Waals surface area contributed by atoms with Gasteiger partial charge in [0.2, 0.25) is 0 Å². The minimum Gasteiger partial charge on any atom is -0.362 e. The fraction of sp³-hybridized carbons (Fsp3) is 0.500. The molecule has 0 radical (unpaired) electrons. The maximum atomic E-state index is 5.57. The molecule has 2 rings (SSSR count). The largest absolute Gasteiger partial charge is 0.362 e. The predicted octanol–water partition coefficient (Wildman–Crippen LogP) is 1.49. The van der Waals surface area contributed by atoms with Gasteiger partial charge in [0.25, 0.3) is 0 Å². The number of thiocarbonyl (C=S) groups is 1. The van der Waals surface area contributed by atoms with Crippen LogP contribution in [-0.4, -0.2) is 61.8 Å². The average Bonchev–Trinajstić information content (AvgIpc) is 2.53. The van der Waals surface area contributed by atoms with Crippen molar-refractivity contribution < 1.29 is 14.3 Å². The Bertz CT molecular complexity index is 429. The molecule has 0 spiro atoms. The summed E-state index contributed by atoms with van der Waals surface area (Å²) in [6.45, 7) is 1.27. The SMILES string of the molecule is COC1CN(C(=S)c2ccccc2)CC(OC)N1OC. The molecule has 110 valence electrons. The van der Waals surface area contributed by atoms with Gasteiger partial charge < -0.3 is 14.4 Å². The van der Waals surface area contributed by atoms with Gasteiger partial charge in [0.05, 0.1) is 20.2 Å². The Kier molecular flexibility index (Phi) is 5.45. The number of benzene rings is 1. The zero-order chi connectivity index (χ0) is 14.5. The van der Waals surface area contributed by atoms with Crippen LogP contribution in [0.3, 0.4) is 0 Å². The van der Waals surface area contributed by atoms with Crippen LogP contribution in [0.1, 0.15) is 5.56 Å². The Morgan fingerprint density at radius 1 is 1.05 bits per heavy atom. The van der Waals surface area contributed by atoms with Gasteiger partial charge in [-0.25, -0.2) is 0 Å². The van der Waals surface area contributed by atoms with Crippen molar-refractivity contribution in [1.82, 2.24) is 9.96 Å². The molecule has 1 aliphatic rings. The zero-order valence-electron chi connectivity index (χ0n) is 12.0. The molecule has 1 heterocycles. The molecule has 1 fully saturated rings. The summed E-state index contributed by atoms with van der Waals surface area (Å²) in [6, 6.07) is 9.96. The normalized spacial score (nSPS) is 23.9. The number of ether oxygens (including phenoxy) is 2. The van der Waals surface area contributed by atoms with E-state index in [4.69, 9.17) is 26.5 Å². The Morgan fingerprint density at radius 3 is 2.05 bits per heavy atom. The molecular weight excluding hydrogens is 276 g/mol. The lowest BCUT2D eigenvalue weighted by Gasteiger charge is -2.44. The van der Waals surface area contributed by atoms with E-state index in [0.29, 0.717) is 13.1 Å². The molecule has 1 saturated heterocycles. The van der Waals surface area contributed by atoms with Gasteiger partial charge in [-0.2, -0.15) is 0 Å². The average molecular weight is 296 g/mol. The summed E-state index contributed by atoms with van der Waals surface area (Å²) in [4.78, 5) is 8.23. The van der Waals surface area contributed by atoms with Crippen LogP contribution < -0.4 is 0 Å². The van der Waals surface area contributed by atoms with Crippen LogP contribution in [0, 0.1) is 0 Å². The van der Waals surface area contributed by atoms with Crippen molar-refractivity contribution in [2.45, 2.75) is 12.5 Å². The number of rotatable bonds is 4. The summed E-state index contributed by atoms with van der Waals surface area (Å²) in [5.74, 6) is 0. The first-order valence-corrected chi connectivity index (χ1v) is 6.84. The molecular formula is C14H20N2O3S. The Balaban J connectivity index is 2.15. The molecule has 0 bridgehead atoms. The molecule has 1 aromatic rings. The fourth-order valence-corrected chi connectivity index (χ4v) is 2.60. The summed E-state index contributed by atoms with van der Waals surface area (Å²) in [5, 5.41) is 1.71. The first-order chi connectivity index (χ1) is 9.71. The van der Waals surface area contributed by atoms with Crippen LogP contribution in [0.5, 0.6) is 0 Å². The van der Waals surface area contributed by atoms with Crippen molar-refractivity contribution >= 4 is 17.2 Å². The van der Waals surface area contributed by atoms with Crippen molar-refractivity contribution in [1.29, 1.82) is 0 Å². The predicted molar refractivity (Wildman–Crippen MR) is 80.2 cm³/mol. The minimum absolute atomic E-state index is 0.222. The number of piperazine rings is 1. The Hall–Kier alpha value is -1.05. The van der Waals surface area contributed by atoms with Crippen molar-refractivity contribution in [3.63, 3.8) is 0 Å². The first kappa shape index (κ1) is 15.3. The van der Waals surface area contributed by atoms with Gasteiger partial charge in [-0.3, -0.25) is 4.84 Å². The summed E-state index contributed by atoms with van der Waals surface area (Å²) < 4.78 is 10.9. The van der Waals surface area contributed by atoms with Gasteiger partial charge in [0.1, 0.15) is 4.99 Å². The Morgan fingerprint density at radius 2 is 1.60 bits per heavy atom. The maximum Gasteiger partial charge on any atom is 0.153 e. The van der Waals surface area contributed by atoms with Crippen molar-refractivity contribution in [3.05, 3.63) is 35.9 Å². The molecule has 2 atom stereocenters. The van der Waals surface area contributed by atoms with Crippen LogP contribution in [0.25, 0.3) is 0 Å². The summed E-state index contributed by atoms with van der Waals surface area (Å²) >= 11 is 5.57. The first-order valence-electron chi connectivity index (χ1n) is 6.43. The van der Waals surface area contributed by atoms with Gasteiger partial charge in [0, 0.05) is 19.8 Å². The fourth-order valence-electron chi connectivity index (χ4n) is 2.32. The van der Waals surface area contributed by atoms with Crippen LogP contribution in [0.4, 0.5) is 0 Å². The van der Waals surface area contributed by atoms with Gasteiger partial charge >= 0.3 is 0 Å². The van der Waals surface area contributed by atoms with Crippen LogP contribution in [-0.2, 0) is 14.3 Å². The third-order valence-corrected chi connectivity index (χ3v) is 3.88. The maximum absolute atomic E-state index is 5.57. The van der Waals surface area contributed by atoms with Gasteiger partial charge in [-0.05, 0) is 0 Å². The second kappa shape index (κ2) is 7.10. The molecule has 0 aliphatic carbocycles. The quantitative estimate of drug-likeness (QED) is 0.783. The second-order valence-electron chi connectivity index (χ2n) is 4.50. The molecule has 2 unspecified atom stereocenters. The monoisotopic (exact) mass is 296 g/mol. The third-order valence-electron chi connectivity index (χ3n) is 3.38. The van der Waals surface area contributed by atoms with Crippen LogP contribution in [0.15, 0.2) is 30.3 Å². The molecule has 0 saturated carbocycles. The highest BCUT2D eigenvalue weighted by Gasteiger charge is 2.36. The molecule has 0 amide bonds. The van der Waals surface area contributed by atoms with E-state index in [0.717, 1.165) is 10.6 Å². The number of hydrogen-bond acceptors (Lipinski definition) is 5. The van der Waals surface area contributed by atoms with E-state index in [9.17, 15) is 0 Å². The zero-order valence-corrected chi connectivity index (χ0v) is 12.8. The summed E-state index contributed by atoms with van der Waals surface area (Å²) in [7, 11) is 4.92. The van der Waals surface area contributed by atoms with Gasteiger partial charge in [0.15, 0.2) is 12.5 Å². The Labute approximate surface area is 125 Å². The highest BCUT2D eigenvalue weighted by Crippen LogP contribution is 2.19. The highest BCUT2D eigenvalue weighted by atomic mass is 32.1. The van der Waals surface area contributed by atoms with E-state index in [-0.39, 0.29) is 12.5 Å². The van der Waals surface area contributed by atoms with Crippen LogP contribution in [0.2, 0.25) is 0 Å².